The average molecular weight is 324 g/mol. The van der Waals surface area contributed by atoms with Crippen molar-refractivity contribution in [3.8, 4) is 0 Å². The summed E-state index contributed by atoms with van der Waals surface area (Å²) in [6.45, 7) is 2.07. The normalized spacial score (nSPS) is 21.7. The molecule has 22 heavy (non-hydrogen) atoms. The lowest BCUT2D eigenvalue weighted by atomic mass is 9.90. The van der Waals surface area contributed by atoms with E-state index < -0.39 is 0 Å². The minimum atomic E-state index is 0.106. The Morgan fingerprint density at radius 1 is 0.864 bits per heavy atom. The van der Waals surface area contributed by atoms with E-state index in [9.17, 15) is 4.79 Å². The Bertz CT molecular complexity index is 511. The first-order valence-electron chi connectivity index (χ1n) is 7.03. The number of carbonyl (C=O) groups excluding carboxylic acids is 1. The van der Waals surface area contributed by atoms with E-state index in [-0.39, 0.29) is 5.78 Å². The topological polar surface area (TPSA) is 17.1 Å². The van der Waals surface area contributed by atoms with Crippen LogP contribution in [0.25, 0.3) is 0 Å². The van der Waals surface area contributed by atoms with Crippen molar-refractivity contribution in [2.75, 3.05) is 6.26 Å². The maximum atomic E-state index is 12.8. The lowest BCUT2D eigenvalue weighted by Gasteiger charge is -2.22. The summed E-state index contributed by atoms with van der Waals surface area (Å²) in [5.74, 6) is 1.69. The van der Waals surface area contributed by atoms with Crippen LogP contribution in [0.2, 0.25) is 0 Å². The number of benzene rings is 1. The van der Waals surface area contributed by atoms with Gasteiger partial charge in [0.1, 0.15) is 0 Å². The molecule has 110 valence electrons. The van der Waals surface area contributed by atoms with Gasteiger partial charge in [-0.2, -0.15) is 11.8 Å². The van der Waals surface area contributed by atoms with Crippen LogP contribution in [-0.2, 0) is 4.79 Å². The van der Waals surface area contributed by atoms with Gasteiger partial charge in [-0.05, 0) is 63.8 Å². The highest BCUT2D eigenvalue weighted by atomic mass is 32.2. The summed E-state index contributed by atoms with van der Waals surface area (Å²) in [4.78, 5) is 13.9. The van der Waals surface area contributed by atoms with Gasteiger partial charge in [0, 0.05) is 10.1 Å². The molecule has 2 aliphatic carbocycles. The molecule has 0 saturated heterocycles. The molecule has 0 aliphatic heterocycles. The molecule has 1 aromatic rings. The van der Waals surface area contributed by atoms with Crippen LogP contribution in [0.4, 0.5) is 0 Å². The summed E-state index contributed by atoms with van der Waals surface area (Å²) in [7, 11) is 0. The number of carbonyl (C=O) groups is 1. The summed E-state index contributed by atoms with van der Waals surface area (Å²) in [6, 6.07) is 8.37. The van der Waals surface area contributed by atoms with Gasteiger partial charge in [-0.15, -0.1) is 11.8 Å². The molecular weight excluding hydrogens is 308 g/mol. The van der Waals surface area contributed by atoms with Crippen LogP contribution in [0.3, 0.4) is 0 Å². The van der Waals surface area contributed by atoms with Gasteiger partial charge in [0.15, 0.2) is 5.78 Å². The minimum absolute atomic E-state index is 0.106. The van der Waals surface area contributed by atoms with E-state index in [1.54, 1.807) is 23.5 Å². The van der Waals surface area contributed by atoms with Crippen LogP contribution in [0.15, 0.2) is 29.2 Å². The fraction of sp³-hybridized carbons (Fsp3) is 0.105. The Morgan fingerprint density at radius 3 is 2.09 bits per heavy atom. The number of rotatable bonds is 5. The third-order valence-electron chi connectivity index (χ3n) is 3.51. The molecule has 3 heteroatoms. The summed E-state index contributed by atoms with van der Waals surface area (Å²) >= 11 is 3.25. The van der Waals surface area contributed by atoms with E-state index in [2.05, 4.69) is 31.2 Å². The first kappa shape index (κ1) is 16.4. The molecule has 0 amide bonds. The second-order valence-electron chi connectivity index (χ2n) is 5.06. The molecule has 0 heterocycles. The zero-order chi connectivity index (χ0) is 15.5. The zero-order valence-electron chi connectivity index (χ0n) is 12.5. The maximum absolute atomic E-state index is 12.8. The van der Waals surface area contributed by atoms with E-state index in [1.807, 2.05) is 44.8 Å². The molecule has 2 aliphatic rings. The molecule has 1 aromatic carbocycles. The summed E-state index contributed by atoms with van der Waals surface area (Å²) in [6.07, 6.45) is 13.7. The first-order valence-corrected chi connectivity index (χ1v) is 9.08. The number of aryl methyl sites for hydroxylation is 1. The van der Waals surface area contributed by atoms with Crippen LogP contribution in [0.5, 0.6) is 0 Å². The lowest BCUT2D eigenvalue weighted by molar-refractivity contribution is -0.114. The third-order valence-corrected chi connectivity index (χ3v) is 5.39. The summed E-state index contributed by atoms with van der Waals surface area (Å²) < 4.78 is 0. The molecule has 0 aromatic heterocycles. The highest BCUT2D eigenvalue weighted by molar-refractivity contribution is 8.02. The summed E-state index contributed by atoms with van der Waals surface area (Å²) in [5, 5.41) is 2.06. The monoisotopic (exact) mass is 324 g/mol. The fourth-order valence-corrected chi connectivity index (χ4v) is 3.87. The van der Waals surface area contributed by atoms with Gasteiger partial charge < -0.3 is 0 Å². The SMILES string of the molecule is CS[C]1[CH][CH][CH][C]1C(=O)[C]1[CH][CH][CH][C]1Sc1ccc(C)cc1. The first-order chi connectivity index (χ1) is 10.7. The minimum Gasteiger partial charge on any atom is -0.298 e. The number of Topliss-reactive ketones (excluding diaryl/α,β-unsaturated/α-hetero) is 1. The van der Waals surface area contributed by atoms with Gasteiger partial charge in [-0.3, -0.25) is 4.79 Å². The molecule has 0 spiro atoms. The predicted octanol–water partition coefficient (Wildman–Crippen LogP) is 4.49. The average Bonchev–Trinajstić information content (AvgIpc) is 3.17. The second-order valence-corrected chi connectivity index (χ2v) is 7.02. The van der Waals surface area contributed by atoms with E-state index in [0.29, 0.717) is 0 Å². The van der Waals surface area contributed by atoms with Gasteiger partial charge in [0.2, 0.25) is 0 Å². The van der Waals surface area contributed by atoms with Gasteiger partial charge in [0.05, 0.1) is 17.1 Å². The van der Waals surface area contributed by atoms with Crippen molar-refractivity contribution in [1.82, 2.24) is 0 Å². The number of thioether (sulfide) groups is 2. The molecule has 10 radical (unpaired) electrons. The van der Waals surface area contributed by atoms with Crippen LogP contribution < -0.4 is 0 Å². The molecule has 0 unspecified atom stereocenters. The Hall–Kier alpha value is -0.410. The standard InChI is InChI=1S/C19H16OS2/c1-13-9-11-14(12-10-13)22-18-8-4-6-16(18)19(20)15-5-3-7-17(15)21-2/h3-12H,1-2H3. The Morgan fingerprint density at radius 2 is 1.45 bits per heavy atom. The van der Waals surface area contributed by atoms with Crippen LogP contribution in [0, 0.1) is 67.8 Å². The lowest BCUT2D eigenvalue weighted by Crippen LogP contribution is -2.23. The molecule has 1 nitrogen and oxygen atoms in total. The second kappa shape index (κ2) is 7.44. The molecular formula is C19H16OS2. The third kappa shape index (κ3) is 3.56. The van der Waals surface area contributed by atoms with Crippen molar-refractivity contribution >= 4 is 29.3 Å². The molecule has 0 atom stereocenters. The Balaban J connectivity index is 1.67. The van der Waals surface area contributed by atoms with Crippen LogP contribution in [0.1, 0.15) is 5.56 Å². The van der Waals surface area contributed by atoms with Gasteiger partial charge in [-0.1, -0.05) is 17.7 Å². The Labute approximate surface area is 143 Å². The fourth-order valence-electron chi connectivity index (χ4n) is 2.33. The maximum Gasteiger partial charge on any atom is 0.150 e. The van der Waals surface area contributed by atoms with Crippen LogP contribution in [-0.4, -0.2) is 12.0 Å². The molecule has 0 N–H and O–H groups in total. The number of hydrogen-bond acceptors (Lipinski definition) is 3. The van der Waals surface area contributed by atoms with Gasteiger partial charge in [0.25, 0.3) is 0 Å². The highest BCUT2D eigenvalue weighted by Gasteiger charge is 2.43. The van der Waals surface area contributed by atoms with E-state index in [0.717, 1.165) is 27.2 Å². The number of ketones is 1. The largest absolute Gasteiger partial charge is 0.298 e. The van der Waals surface area contributed by atoms with Crippen molar-refractivity contribution in [2.24, 2.45) is 0 Å². The Kier molecular flexibility index (Phi) is 5.56. The van der Waals surface area contributed by atoms with E-state index >= 15 is 0 Å². The van der Waals surface area contributed by atoms with Crippen LogP contribution >= 0.6 is 23.5 Å². The molecule has 2 saturated carbocycles. The van der Waals surface area contributed by atoms with Gasteiger partial charge >= 0.3 is 0 Å². The number of hydrogen-bond donors (Lipinski definition) is 0. The summed E-state index contributed by atoms with van der Waals surface area (Å²) in [5.41, 5.74) is 1.24. The van der Waals surface area contributed by atoms with Crippen molar-refractivity contribution in [2.45, 2.75) is 11.8 Å². The molecule has 3 rings (SSSR count). The quantitative estimate of drug-likeness (QED) is 0.794. The van der Waals surface area contributed by atoms with Crippen molar-refractivity contribution in [3.63, 3.8) is 0 Å². The highest BCUT2D eigenvalue weighted by Crippen LogP contribution is 2.50. The van der Waals surface area contributed by atoms with Crippen molar-refractivity contribution in [3.05, 3.63) is 90.7 Å². The zero-order valence-corrected chi connectivity index (χ0v) is 14.1. The van der Waals surface area contributed by atoms with Crippen molar-refractivity contribution < 1.29 is 4.79 Å². The van der Waals surface area contributed by atoms with E-state index in [1.165, 1.54) is 5.56 Å². The molecule has 0 bridgehead atoms. The van der Waals surface area contributed by atoms with Gasteiger partial charge in [-0.25, -0.2) is 0 Å². The van der Waals surface area contributed by atoms with E-state index in [4.69, 9.17) is 0 Å². The smallest absolute Gasteiger partial charge is 0.150 e. The molecule has 2 fully saturated rings. The van der Waals surface area contributed by atoms with Crippen molar-refractivity contribution in [1.29, 1.82) is 0 Å². The predicted molar refractivity (Wildman–Crippen MR) is 94.3 cm³/mol.